The average molecular weight is 374 g/mol. The highest BCUT2D eigenvalue weighted by Gasteiger charge is 2.46. The van der Waals surface area contributed by atoms with Gasteiger partial charge in [0.1, 0.15) is 10.8 Å². The van der Waals surface area contributed by atoms with Gasteiger partial charge in [0.25, 0.3) is 0 Å². The highest BCUT2D eigenvalue weighted by molar-refractivity contribution is 6.33. The van der Waals surface area contributed by atoms with Gasteiger partial charge < -0.3 is 15.4 Å². The van der Waals surface area contributed by atoms with Gasteiger partial charge >= 0.3 is 0 Å². The van der Waals surface area contributed by atoms with E-state index >= 15 is 0 Å². The SMILES string of the molecule is COc1ccc([C@@H]2[C@@H]3CN(c4nc(N)nc(C)c4Cl)C[C@@H]3CN2C)cc1. The molecule has 0 unspecified atom stereocenters. The maximum absolute atomic E-state index is 6.47. The lowest BCUT2D eigenvalue weighted by molar-refractivity contribution is 0.279. The first-order valence-electron chi connectivity index (χ1n) is 8.86. The van der Waals surface area contributed by atoms with Crippen LogP contribution in [0.1, 0.15) is 17.3 Å². The normalized spacial score (nSPS) is 25.5. The molecule has 6 nitrogen and oxygen atoms in total. The van der Waals surface area contributed by atoms with Gasteiger partial charge in [-0.25, -0.2) is 4.98 Å². The summed E-state index contributed by atoms with van der Waals surface area (Å²) in [5, 5.41) is 0.605. The summed E-state index contributed by atoms with van der Waals surface area (Å²) in [4.78, 5) is 13.3. The monoisotopic (exact) mass is 373 g/mol. The highest BCUT2D eigenvalue weighted by Crippen LogP contribution is 2.46. The number of methoxy groups -OCH3 is 1. The van der Waals surface area contributed by atoms with Crippen LogP contribution in [0.25, 0.3) is 0 Å². The molecule has 0 radical (unpaired) electrons. The summed E-state index contributed by atoms with van der Waals surface area (Å²) in [7, 11) is 3.90. The second kappa shape index (κ2) is 6.59. The Kier molecular flexibility index (Phi) is 4.40. The molecule has 1 aromatic heterocycles. The molecule has 0 spiro atoms. The number of anilines is 2. The molecule has 2 aliphatic heterocycles. The van der Waals surface area contributed by atoms with Crippen molar-refractivity contribution in [3.63, 3.8) is 0 Å². The summed E-state index contributed by atoms with van der Waals surface area (Å²) in [5.74, 6) is 3.04. The first-order chi connectivity index (χ1) is 12.5. The summed E-state index contributed by atoms with van der Waals surface area (Å²) in [6.07, 6.45) is 0. The van der Waals surface area contributed by atoms with Crippen LogP contribution in [0.2, 0.25) is 5.02 Å². The van der Waals surface area contributed by atoms with E-state index in [0.717, 1.165) is 36.9 Å². The Morgan fingerprint density at radius 1 is 1.15 bits per heavy atom. The number of nitrogens with zero attached hydrogens (tertiary/aromatic N) is 4. The standard InChI is InChI=1S/C19H24ClN5O/c1-11-16(20)18(23-19(21)22-11)25-9-13-8-24(2)17(15(13)10-25)12-4-6-14(26-3)7-5-12/h4-7,13,15,17H,8-10H2,1-3H3,(H2,21,22,23)/t13-,15+,17+/m0/s1. The summed E-state index contributed by atoms with van der Waals surface area (Å²) < 4.78 is 5.29. The average Bonchev–Trinajstić information content (AvgIpc) is 3.14. The first kappa shape index (κ1) is 17.4. The second-order valence-electron chi connectivity index (χ2n) is 7.29. The molecule has 0 aliphatic carbocycles. The number of aromatic nitrogens is 2. The lowest BCUT2D eigenvalue weighted by Crippen LogP contribution is -2.30. The highest BCUT2D eigenvalue weighted by atomic mass is 35.5. The van der Waals surface area contributed by atoms with Crippen LogP contribution in [-0.2, 0) is 0 Å². The van der Waals surface area contributed by atoms with E-state index < -0.39 is 0 Å². The van der Waals surface area contributed by atoms with Crippen LogP contribution in [0.4, 0.5) is 11.8 Å². The Hall–Kier alpha value is -2.05. The van der Waals surface area contributed by atoms with E-state index in [4.69, 9.17) is 22.1 Å². The number of hydrogen-bond acceptors (Lipinski definition) is 6. The second-order valence-corrected chi connectivity index (χ2v) is 7.67. The Labute approximate surface area is 158 Å². The van der Waals surface area contributed by atoms with Gasteiger partial charge in [0.2, 0.25) is 5.95 Å². The van der Waals surface area contributed by atoms with E-state index in [1.165, 1.54) is 5.56 Å². The Morgan fingerprint density at radius 3 is 2.58 bits per heavy atom. The largest absolute Gasteiger partial charge is 0.497 e. The molecule has 3 heterocycles. The summed E-state index contributed by atoms with van der Waals surface area (Å²) >= 11 is 6.47. The van der Waals surface area contributed by atoms with E-state index in [9.17, 15) is 0 Å². The van der Waals surface area contributed by atoms with Crippen molar-refractivity contribution >= 4 is 23.4 Å². The van der Waals surface area contributed by atoms with Crippen LogP contribution in [0.15, 0.2) is 24.3 Å². The topological polar surface area (TPSA) is 67.5 Å². The van der Waals surface area contributed by atoms with Gasteiger partial charge in [0.15, 0.2) is 5.82 Å². The molecule has 2 N–H and O–H groups in total. The van der Waals surface area contributed by atoms with Crippen molar-refractivity contribution in [2.45, 2.75) is 13.0 Å². The molecule has 3 atom stereocenters. The fraction of sp³-hybridized carbons (Fsp3) is 0.474. The molecule has 2 fully saturated rings. The number of halogens is 1. The lowest BCUT2D eigenvalue weighted by atomic mass is 9.89. The van der Waals surface area contributed by atoms with E-state index in [1.807, 2.05) is 19.1 Å². The quantitative estimate of drug-likeness (QED) is 0.892. The number of nitrogens with two attached hydrogens (primary N) is 1. The number of likely N-dealkylation sites (tertiary alicyclic amines) is 1. The van der Waals surface area contributed by atoms with Crippen molar-refractivity contribution in [1.82, 2.24) is 14.9 Å². The molecule has 7 heteroatoms. The lowest BCUT2D eigenvalue weighted by Gasteiger charge is -2.27. The summed E-state index contributed by atoms with van der Waals surface area (Å²) in [5.41, 5.74) is 7.91. The first-order valence-corrected chi connectivity index (χ1v) is 9.24. The van der Waals surface area contributed by atoms with Crippen LogP contribution in [-0.4, -0.2) is 48.7 Å². The predicted molar refractivity (Wildman–Crippen MR) is 104 cm³/mol. The number of fused-ring (bicyclic) bond motifs is 1. The van der Waals surface area contributed by atoms with Gasteiger partial charge in [-0.05, 0) is 37.6 Å². The van der Waals surface area contributed by atoms with Crippen LogP contribution >= 0.6 is 11.6 Å². The zero-order valence-electron chi connectivity index (χ0n) is 15.3. The van der Waals surface area contributed by atoms with Gasteiger partial charge in [0, 0.05) is 31.6 Å². The number of aryl methyl sites for hydroxylation is 1. The number of hydrogen-bond donors (Lipinski definition) is 1. The summed E-state index contributed by atoms with van der Waals surface area (Å²) in [6.45, 7) is 4.79. The minimum absolute atomic E-state index is 0.280. The Balaban J connectivity index is 1.60. The minimum Gasteiger partial charge on any atom is -0.497 e. The van der Waals surface area contributed by atoms with E-state index in [-0.39, 0.29) is 5.95 Å². The fourth-order valence-corrected chi connectivity index (χ4v) is 4.71. The van der Waals surface area contributed by atoms with Crippen molar-refractivity contribution in [3.8, 4) is 5.75 Å². The third-order valence-electron chi connectivity index (χ3n) is 5.67. The van der Waals surface area contributed by atoms with Crippen molar-refractivity contribution in [3.05, 3.63) is 40.5 Å². The van der Waals surface area contributed by atoms with Gasteiger partial charge in [-0.3, -0.25) is 4.90 Å². The third-order valence-corrected chi connectivity index (χ3v) is 6.11. The van der Waals surface area contributed by atoms with Gasteiger partial charge in [0.05, 0.1) is 12.8 Å². The molecule has 1 aromatic carbocycles. The predicted octanol–water partition coefficient (Wildman–Crippen LogP) is 2.77. The zero-order valence-corrected chi connectivity index (χ0v) is 16.1. The molecular formula is C19H24ClN5O. The van der Waals surface area contributed by atoms with Crippen molar-refractivity contribution in [1.29, 1.82) is 0 Å². The van der Waals surface area contributed by atoms with E-state index in [0.29, 0.717) is 22.9 Å². The number of rotatable bonds is 3. The van der Waals surface area contributed by atoms with E-state index in [1.54, 1.807) is 7.11 Å². The van der Waals surface area contributed by atoms with Crippen molar-refractivity contribution in [2.24, 2.45) is 11.8 Å². The molecule has 26 heavy (non-hydrogen) atoms. The molecule has 0 saturated carbocycles. The van der Waals surface area contributed by atoms with E-state index in [2.05, 4.69) is 38.9 Å². The molecule has 138 valence electrons. The van der Waals surface area contributed by atoms with Crippen molar-refractivity contribution in [2.75, 3.05) is 44.4 Å². The number of benzene rings is 1. The minimum atomic E-state index is 0.280. The van der Waals surface area contributed by atoms with Crippen molar-refractivity contribution < 1.29 is 4.74 Å². The molecule has 2 aliphatic rings. The fourth-order valence-electron chi connectivity index (χ4n) is 4.51. The maximum Gasteiger partial charge on any atom is 0.222 e. The van der Waals surface area contributed by atoms with Crippen LogP contribution in [0, 0.1) is 18.8 Å². The van der Waals surface area contributed by atoms with Gasteiger partial charge in [-0.1, -0.05) is 23.7 Å². The van der Waals surface area contributed by atoms with Gasteiger partial charge in [-0.2, -0.15) is 4.98 Å². The summed E-state index contributed by atoms with van der Waals surface area (Å²) in [6, 6.07) is 8.80. The smallest absolute Gasteiger partial charge is 0.222 e. The third kappa shape index (κ3) is 2.87. The van der Waals surface area contributed by atoms with Gasteiger partial charge in [-0.15, -0.1) is 0 Å². The zero-order chi connectivity index (χ0) is 18.4. The molecule has 2 aromatic rings. The molecule has 0 bridgehead atoms. The molecule has 0 amide bonds. The maximum atomic E-state index is 6.47. The molecule has 2 saturated heterocycles. The number of ether oxygens (including phenoxy) is 1. The van der Waals surface area contributed by atoms with Crippen LogP contribution in [0.5, 0.6) is 5.75 Å². The Morgan fingerprint density at radius 2 is 1.88 bits per heavy atom. The number of nitrogen functional groups attached to an aromatic ring is 1. The Bertz CT molecular complexity index is 812. The van der Waals surface area contributed by atoms with Crippen LogP contribution < -0.4 is 15.4 Å². The molecule has 4 rings (SSSR count). The molecular weight excluding hydrogens is 350 g/mol. The van der Waals surface area contributed by atoms with Crippen LogP contribution in [0.3, 0.4) is 0 Å².